The molecule has 0 saturated carbocycles. The standard InChI is InChI=1S/C22H27NO4/c1-14-6-9-18(12-15(14)2)17-10-7-16(8-11-17)13-19(20(24)25)23-21(26)27-22(3,4)5/h6-12,19H,13H2,1-5H3,(H,23,26)(H,24,25)/t19-/m0/s1. The second-order valence-electron chi connectivity index (χ2n) is 7.74. The summed E-state index contributed by atoms with van der Waals surface area (Å²) in [7, 11) is 0. The van der Waals surface area contributed by atoms with Crippen LogP contribution in [0.5, 0.6) is 0 Å². The Bertz CT molecular complexity index is 819. The van der Waals surface area contributed by atoms with Gasteiger partial charge in [0, 0.05) is 6.42 Å². The molecule has 0 heterocycles. The van der Waals surface area contributed by atoms with Crippen LogP contribution in [0.4, 0.5) is 4.79 Å². The van der Waals surface area contributed by atoms with Gasteiger partial charge in [0.15, 0.2) is 0 Å². The van der Waals surface area contributed by atoms with E-state index in [9.17, 15) is 14.7 Å². The van der Waals surface area contributed by atoms with E-state index in [-0.39, 0.29) is 6.42 Å². The molecule has 2 N–H and O–H groups in total. The van der Waals surface area contributed by atoms with Crippen LogP contribution in [0, 0.1) is 13.8 Å². The quantitative estimate of drug-likeness (QED) is 0.814. The minimum Gasteiger partial charge on any atom is -0.480 e. The highest BCUT2D eigenvalue weighted by Gasteiger charge is 2.24. The van der Waals surface area contributed by atoms with Crippen molar-refractivity contribution in [3.63, 3.8) is 0 Å². The normalized spacial score (nSPS) is 12.3. The number of carboxylic acids is 1. The molecule has 0 aliphatic carbocycles. The van der Waals surface area contributed by atoms with E-state index in [1.165, 1.54) is 11.1 Å². The predicted molar refractivity (Wildman–Crippen MR) is 106 cm³/mol. The number of hydrogen-bond donors (Lipinski definition) is 2. The third kappa shape index (κ3) is 6.13. The van der Waals surface area contributed by atoms with Crippen LogP contribution in [0.25, 0.3) is 11.1 Å². The molecule has 2 aromatic rings. The summed E-state index contributed by atoms with van der Waals surface area (Å²) in [6.45, 7) is 9.34. The number of nitrogens with one attached hydrogen (secondary N) is 1. The number of carbonyl (C=O) groups excluding carboxylic acids is 1. The summed E-state index contributed by atoms with van der Waals surface area (Å²) >= 11 is 0. The lowest BCUT2D eigenvalue weighted by Gasteiger charge is -2.22. The van der Waals surface area contributed by atoms with E-state index in [0.717, 1.165) is 16.7 Å². The molecule has 0 spiro atoms. The SMILES string of the molecule is Cc1ccc(-c2ccc(C[C@H](NC(=O)OC(C)(C)C)C(=O)O)cc2)cc1C. The first-order chi connectivity index (χ1) is 12.5. The van der Waals surface area contributed by atoms with E-state index in [1.807, 2.05) is 24.3 Å². The van der Waals surface area contributed by atoms with Gasteiger partial charge in [-0.05, 0) is 62.4 Å². The van der Waals surface area contributed by atoms with Crippen molar-refractivity contribution in [3.8, 4) is 11.1 Å². The Labute approximate surface area is 160 Å². The summed E-state index contributed by atoms with van der Waals surface area (Å²) in [5.74, 6) is -1.10. The van der Waals surface area contributed by atoms with Crippen LogP contribution in [0.3, 0.4) is 0 Å². The van der Waals surface area contributed by atoms with Crippen molar-refractivity contribution in [2.45, 2.75) is 52.7 Å². The monoisotopic (exact) mass is 369 g/mol. The number of carboxylic acid groups (broad SMARTS) is 1. The Hall–Kier alpha value is -2.82. The third-order valence-electron chi connectivity index (χ3n) is 4.22. The van der Waals surface area contributed by atoms with Crippen molar-refractivity contribution in [3.05, 3.63) is 59.2 Å². The van der Waals surface area contributed by atoms with Crippen LogP contribution in [0.2, 0.25) is 0 Å². The highest BCUT2D eigenvalue weighted by atomic mass is 16.6. The van der Waals surface area contributed by atoms with E-state index in [0.29, 0.717) is 0 Å². The van der Waals surface area contributed by atoms with E-state index in [4.69, 9.17) is 4.74 Å². The largest absolute Gasteiger partial charge is 0.480 e. The van der Waals surface area contributed by atoms with Gasteiger partial charge in [0.2, 0.25) is 0 Å². The number of ether oxygens (including phenoxy) is 1. The molecule has 2 rings (SSSR count). The molecule has 0 radical (unpaired) electrons. The maximum Gasteiger partial charge on any atom is 0.408 e. The maximum atomic E-state index is 11.9. The molecule has 0 aromatic heterocycles. The topological polar surface area (TPSA) is 75.6 Å². The highest BCUT2D eigenvalue weighted by molar-refractivity contribution is 5.80. The Balaban J connectivity index is 2.09. The van der Waals surface area contributed by atoms with Gasteiger partial charge in [-0.1, -0.05) is 42.5 Å². The average molecular weight is 369 g/mol. The van der Waals surface area contributed by atoms with Crippen molar-refractivity contribution in [1.29, 1.82) is 0 Å². The van der Waals surface area contributed by atoms with E-state index >= 15 is 0 Å². The molecular weight excluding hydrogens is 342 g/mol. The molecule has 144 valence electrons. The highest BCUT2D eigenvalue weighted by Crippen LogP contribution is 2.23. The van der Waals surface area contributed by atoms with Gasteiger partial charge in [0.25, 0.3) is 0 Å². The zero-order chi connectivity index (χ0) is 20.2. The molecule has 5 heteroatoms. The third-order valence-corrected chi connectivity index (χ3v) is 4.22. The molecule has 1 amide bonds. The second kappa shape index (κ2) is 8.25. The first kappa shape index (κ1) is 20.5. The Morgan fingerprint density at radius 2 is 1.59 bits per heavy atom. The van der Waals surface area contributed by atoms with Crippen LogP contribution in [-0.4, -0.2) is 28.8 Å². The molecule has 0 fully saturated rings. The zero-order valence-corrected chi connectivity index (χ0v) is 16.5. The first-order valence-corrected chi connectivity index (χ1v) is 8.94. The Kier molecular flexibility index (Phi) is 6.26. The summed E-state index contributed by atoms with van der Waals surface area (Å²) in [5, 5.41) is 11.8. The van der Waals surface area contributed by atoms with Crippen molar-refractivity contribution in [2.75, 3.05) is 0 Å². The van der Waals surface area contributed by atoms with E-state index in [1.54, 1.807) is 20.8 Å². The minimum absolute atomic E-state index is 0.182. The summed E-state index contributed by atoms with van der Waals surface area (Å²) in [5.41, 5.74) is 4.80. The summed E-state index contributed by atoms with van der Waals surface area (Å²) < 4.78 is 5.14. The lowest BCUT2D eigenvalue weighted by Crippen LogP contribution is -2.44. The minimum atomic E-state index is -1.10. The van der Waals surface area contributed by atoms with Crippen LogP contribution in [0.15, 0.2) is 42.5 Å². The van der Waals surface area contributed by atoms with Crippen molar-refractivity contribution in [2.24, 2.45) is 0 Å². The van der Waals surface area contributed by atoms with Crippen LogP contribution in [-0.2, 0) is 16.0 Å². The van der Waals surface area contributed by atoms with Gasteiger partial charge in [0.05, 0.1) is 0 Å². The molecule has 5 nitrogen and oxygen atoms in total. The van der Waals surface area contributed by atoms with Crippen molar-refractivity contribution >= 4 is 12.1 Å². The fourth-order valence-corrected chi connectivity index (χ4v) is 2.64. The van der Waals surface area contributed by atoms with Gasteiger partial charge in [-0.25, -0.2) is 9.59 Å². The summed E-state index contributed by atoms with van der Waals surface area (Å²) in [6, 6.07) is 12.9. The second-order valence-corrected chi connectivity index (χ2v) is 7.74. The molecule has 0 unspecified atom stereocenters. The lowest BCUT2D eigenvalue weighted by molar-refractivity contribution is -0.139. The zero-order valence-electron chi connectivity index (χ0n) is 16.5. The van der Waals surface area contributed by atoms with Crippen LogP contribution >= 0.6 is 0 Å². The lowest BCUT2D eigenvalue weighted by atomic mass is 9.98. The molecule has 1 atom stereocenters. The molecule has 27 heavy (non-hydrogen) atoms. The van der Waals surface area contributed by atoms with Gasteiger partial charge in [-0.3, -0.25) is 0 Å². The average Bonchev–Trinajstić information content (AvgIpc) is 2.55. The van der Waals surface area contributed by atoms with Gasteiger partial charge in [0.1, 0.15) is 11.6 Å². The van der Waals surface area contributed by atoms with Crippen molar-refractivity contribution in [1.82, 2.24) is 5.32 Å². The van der Waals surface area contributed by atoms with E-state index in [2.05, 4.69) is 37.4 Å². The van der Waals surface area contributed by atoms with Gasteiger partial charge < -0.3 is 15.2 Å². The van der Waals surface area contributed by atoms with Gasteiger partial charge >= 0.3 is 12.1 Å². The smallest absolute Gasteiger partial charge is 0.408 e. The molecule has 0 aliphatic rings. The number of aliphatic carboxylic acids is 1. The Morgan fingerprint density at radius 3 is 2.11 bits per heavy atom. The fraction of sp³-hybridized carbons (Fsp3) is 0.364. The van der Waals surface area contributed by atoms with Gasteiger partial charge in [-0.2, -0.15) is 0 Å². The molecule has 0 saturated heterocycles. The molecular formula is C22H27NO4. The number of aryl methyl sites for hydroxylation is 2. The summed E-state index contributed by atoms with van der Waals surface area (Å²) in [6.07, 6.45) is -0.552. The predicted octanol–water partition coefficient (Wildman–Crippen LogP) is 4.49. The number of rotatable bonds is 5. The number of amides is 1. The van der Waals surface area contributed by atoms with Gasteiger partial charge in [-0.15, -0.1) is 0 Å². The first-order valence-electron chi connectivity index (χ1n) is 8.94. The fourth-order valence-electron chi connectivity index (χ4n) is 2.64. The van der Waals surface area contributed by atoms with E-state index < -0.39 is 23.7 Å². The number of benzene rings is 2. The van der Waals surface area contributed by atoms with Crippen molar-refractivity contribution < 1.29 is 19.4 Å². The summed E-state index contributed by atoms with van der Waals surface area (Å²) in [4.78, 5) is 23.4. The Morgan fingerprint density at radius 1 is 1.00 bits per heavy atom. The number of alkyl carbamates (subject to hydrolysis) is 1. The molecule has 2 aromatic carbocycles. The maximum absolute atomic E-state index is 11.9. The van der Waals surface area contributed by atoms with Crippen LogP contribution in [0.1, 0.15) is 37.5 Å². The number of hydrogen-bond acceptors (Lipinski definition) is 3. The molecule has 0 aliphatic heterocycles. The van der Waals surface area contributed by atoms with Crippen LogP contribution < -0.4 is 5.32 Å². The number of carbonyl (C=O) groups is 2. The molecule has 0 bridgehead atoms.